The molecule has 7 heteroatoms. The predicted molar refractivity (Wildman–Crippen MR) is 72.6 cm³/mol. The van der Waals surface area contributed by atoms with Crippen molar-refractivity contribution in [1.29, 1.82) is 0 Å². The summed E-state index contributed by atoms with van der Waals surface area (Å²) in [6, 6.07) is 1.37. The van der Waals surface area contributed by atoms with Gasteiger partial charge >= 0.3 is 5.97 Å². The van der Waals surface area contributed by atoms with Crippen LogP contribution in [0.5, 0.6) is 0 Å². The van der Waals surface area contributed by atoms with Crippen LogP contribution in [0.3, 0.4) is 0 Å². The molecule has 2 unspecified atom stereocenters. The summed E-state index contributed by atoms with van der Waals surface area (Å²) in [5.41, 5.74) is -0.359. The highest BCUT2D eigenvalue weighted by Crippen LogP contribution is 2.39. The van der Waals surface area contributed by atoms with Crippen molar-refractivity contribution in [3.8, 4) is 0 Å². The Kier molecular flexibility index (Phi) is 3.61. The topological polar surface area (TPSA) is 105 Å². The predicted octanol–water partition coefficient (Wildman–Crippen LogP) is 2.35. The number of carbonyl (C=O) groups is 1. The number of aryl methyl sites for hydroxylation is 1. The van der Waals surface area contributed by atoms with E-state index in [1.807, 2.05) is 0 Å². The zero-order valence-corrected chi connectivity index (χ0v) is 11.4. The zero-order chi connectivity index (χ0) is 14.9. The summed E-state index contributed by atoms with van der Waals surface area (Å²) in [6.45, 7) is 3.36. The molecular weight excluding hydrogens is 262 g/mol. The minimum atomic E-state index is -0.828. The lowest BCUT2D eigenvalue weighted by molar-refractivity contribution is -0.385. The average molecular weight is 279 g/mol. The molecule has 7 nitrogen and oxygen atoms in total. The van der Waals surface area contributed by atoms with E-state index in [9.17, 15) is 20.0 Å². The van der Waals surface area contributed by atoms with Crippen LogP contribution in [0.15, 0.2) is 12.3 Å². The summed E-state index contributed by atoms with van der Waals surface area (Å²) < 4.78 is 0. The van der Waals surface area contributed by atoms with E-state index in [1.165, 1.54) is 6.20 Å². The van der Waals surface area contributed by atoms with Gasteiger partial charge in [0.05, 0.1) is 10.3 Å². The van der Waals surface area contributed by atoms with Crippen LogP contribution in [-0.2, 0) is 4.79 Å². The largest absolute Gasteiger partial charge is 0.481 e. The summed E-state index contributed by atoms with van der Waals surface area (Å²) in [5.74, 6) is -0.349. The number of carboxylic acids is 1. The van der Waals surface area contributed by atoms with Crippen LogP contribution in [0.4, 0.5) is 11.5 Å². The highest BCUT2D eigenvalue weighted by molar-refractivity contribution is 5.76. The Balaban J connectivity index is 2.20. The van der Waals surface area contributed by atoms with Crippen LogP contribution >= 0.6 is 0 Å². The third-order valence-corrected chi connectivity index (χ3v) is 4.05. The average Bonchev–Trinajstić information content (AvgIpc) is 2.72. The maximum Gasteiger partial charge on any atom is 0.311 e. The number of nitrogens with zero attached hydrogens (tertiary/aromatic N) is 2. The van der Waals surface area contributed by atoms with Crippen molar-refractivity contribution in [2.45, 2.75) is 39.2 Å². The highest BCUT2D eigenvalue weighted by Gasteiger charge is 2.45. The second-order valence-corrected chi connectivity index (χ2v) is 5.42. The van der Waals surface area contributed by atoms with E-state index in [0.29, 0.717) is 17.8 Å². The van der Waals surface area contributed by atoms with Crippen LogP contribution in [0.25, 0.3) is 0 Å². The first-order chi connectivity index (χ1) is 9.34. The van der Waals surface area contributed by atoms with Gasteiger partial charge in [0.1, 0.15) is 12.0 Å². The number of hydrogen-bond donors (Lipinski definition) is 2. The van der Waals surface area contributed by atoms with Crippen LogP contribution in [0.1, 0.15) is 31.7 Å². The first-order valence-corrected chi connectivity index (χ1v) is 6.45. The van der Waals surface area contributed by atoms with Crippen molar-refractivity contribution in [3.05, 3.63) is 27.9 Å². The van der Waals surface area contributed by atoms with Gasteiger partial charge in [0, 0.05) is 11.6 Å². The number of rotatable bonds is 4. The molecule has 0 radical (unpaired) electrons. The van der Waals surface area contributed by atoms with Gasteiger partial charge in [0.25, 0.3) is 5.69 Å². The molecule has 1 aliphatic carbocycles. The lowest BCUT2D eigenvalue weighted by Gasteiger charge is -2.28. The van der Waals surface area contributed by atoms with Crippen molar-refractivity contribution in [1.82, 2.24) is 4.98 Å². The first-order valence-electron chi connectivity index (χ1n) is 6.45. The van der Waals surface area contributed by atoms with Gasteiger partial charge in [-0.3, -0.25) is 14.9 Å². The molecule has 2 rings (SSSR count). The summed E-state index contributed by atoms with van der Waals surface area (Å²) in [6.07, 6.45) is 3.41. The van der Waals surface area contributed by atoms with Gasteiger partial charge in [-0.25, -0.2) is 4.98 Å². The number of pyridine rings is 1. The number of anilines is 1. The zero-order valence-electron chi connectivity index (χ0n) is 11.4. The van der Waals surface area contributed by atoms with Gasteiger partial charge in [0.2, 0.25) is 0 Å². The summed E-state index contributed by atoms with van der Waals surface area (Å²) in [7, 11) is 0. The standard InChI is InChI=1S/C13H17N3O4/c1-8-6-11(14-7-9(8)16(19)20)15-10-4-3-5-13(10,2)12(17)18/h6-7,10H,3-5H2,1-2H3,(H,14,15)(H,17,18). The van der Waals surface area contributed by atoms with Gasteiger partial charge in [-0.1, -0.05) is 6.42 Å². The molecule has 1 saturated carbocycles. The Morgan fingerprint density at radius 1 is 1.65 bits per heavy atom. The molecule has 108 valence electrons. The minimum absolute atomic E-state index is 0.0389. The first kappa shape index (κ1) is 14.2. The van der Waals surface area contributed by atoms with Gasteiger partial charge in [-0.15, -0.1) is 0 Å². The lowest BCUT2D eigenvalue weighted by atomic mass is 9.85. The fraction of sp³-hybridized carbons (Fsp3) is 0.538. The van der Waals surface area contributed by atoms with Crippen LogP contribution in [0.2, 0.25) is 0 Å². The number of nitrogens with one attached hydrogen (secondary N) is 1. The molecule has 0 saturated heterocycles. The van der Waals surface area contributed by atoms with E-state index in [0.717, 1.165) is 12.8 Å². The number of aliphatic carboxylic acids is 1. The van der Waals surface area contributed by atoms with E-state index in [1.54, 1.807) is 19.9 Å². The van der Waals surface area contributed by atoms with Crippen molar-refractivity contribution < 1.29 is 14.8 Å². The van der Waals surface area contributed by atoms with Crippen molar-refractivity contribution in [2.24, 2.45) is 5.41 Å². The van der Waals surface area contributed by atoms with E-state index in [2.05, 4.69) is 10.3 Å². The Hall–Kier alpha value is -2.18. The third kappa shape index (κ3) is 2.43. The maximum absolute atomic E-state index is 11.4. The third-order valence-electron chi connectivity index (χ3n) is 4.05. The SMILES string of the molecule is Cc1cc(NC2CCCC2(C)C(=O)O)ncc1[N+](=O)[O-]. The molecule has 1 heterocycles. The van der Waals surface area contributed by atoms with Crippen LogP contribution < -0.4 is 5.32 Å². The molecule has 0 aromatic carbocycles. The van der Waals surface area contributed by atoms with E-state index in [4.69, 9.17) is 0 Å². The number of hydrogen-bond acceptors (Lipinski definition) is 5. The number of carboxylic acid groups (broad SMARTS) is 1. The molecular formula is C13H17N3O4. The van der Waals surface area contributed by atoms with Gasteiger partial charge in [0.15, 0.2) is 0 Å². The molecule has 1 fully saturated rings. The molecule has 2 atom stereocenters. The van der Waals surface area contributed by atoms with Crippen molar-refractivity contribution in [2.75, 3.05) is 5.32 Å². The van der Waals surface area contributed by atoms with E-state index < -0.39 is 16.3 Å². The molecule has 1 aromatic heterocycles. The summed E-state index contributed by atoms with van der Waals surface area (Å²) in [5, 5.41) is 23.2. The Morgan fingerprint density at radius 2 is 2.35 bits per heavy atom. The van der Waals surface area contributed by atoms with Crippen molar-refractivity contribution >= 4 is 17.5 Å². The lowest BCUT2D eigenvalue weighted by Crippen LogP contribution is -2.40. The van der Waals surface area contributed by atoms with E-state index >= 15 is 0 Å². The maximum atomic E-state index is 11.4. The molecule has 0 bridgehead atoms. The fourth-order valence-corrected chi connectivity index (χ4v) is 2.65. The van der Waals surface area contributed by atoms with E-state index in [-0.39, 0.29) is 11.7 Å². The minimum Gasteiger partial charge on any atom is -0.481 e. The molecule has 0 spiro atoms. The van der Waals surface area contributed by atoms with Crippen LogP contribution in [0, 0.1) is 22.5 Å². The number of nitro groups is 1. The van der Waals surface area contributed by atoms with Crippen LogP contribution in [-0.4, -0.2) is 27.0 Å². The number of aromatic nitrogens is 1. The molecule has 20 heavy (non-hydrogen) atoms. The highest BCUT2D eigenvalue weighted by atomic mass is 16.6. The molecule has 0 amide bonds. The molecule has 0 aliphatic heterocycles. The molecule has 1 aromatic rings. The second kappa shape index (κ2) is 5.07. The second-order valence-electron chi connectivity index (χ2n) is 5.42. The smallest absolute Gasteiger partial charge is 0.311 e. The van der Waals surface area contributed by atoms with Gasteiger partial charge < -0.3 is 10.4 Å². The summed E-state index contributed by atoms with van der Waals surface area (Å²) in [4.78, 5) is 25.6. The fourth-order valence-electron chi connectivity index (χ4n) is 2.65. The molecule has 1 aliphatic rings. The van der Waals surface area contributed by atoms with Crippen molar-refractivity contribution in [3.63, 3.8) is 0 Å². The Bertz CT molecular complexity index is 561. The monoisotopic (exact) mass is 279 g/mol. The normalized spacial score (nSPS) is 25.4. The Morgan fingerprint density at radius 3 is 2.90 bits per heavy atom. The van der Waals surface area contributed by atoms with Gasteiger partial charge in [-0.2, -0.15) is 0 Å². The van der Waals surface area contributed by atoms with Gasteiger partial charge in [-0.05, 0) is 32.8 Å². The molecule has 2 N–H and O–H groups in total. The summed E-state index contributed by atoms with van der Waals surface area (Å²) >= 11 is 0. The quantitative estimate of drug-likeness (QED) is 0.647. The Labute approximate surface area is 116 Å².